The quantitative estimate of drug-likeness (QED) is 0.598. The van der Waals surface area contributed by atoms with Crippen molar-refractivity contribution < 1.29 is 19.4 Å². The number of rotatable bonds is 5. The summed E-state index contributed by atoms with van der Waals surface area (Å²) in [7, 11) is 0. The molecule has 2 amide bonds. The van der Waals surface area contributed by atoms with Crippen LogP contribution < -0.4 is 11.1 Å². The molecule has 12 heteroatoms. The summed E-state index contributed by atoms with van der Waals surface area (Å²) in [5, 5.41) is 28.1. The average molecular weight is 334 g/mol. The number of carbonyl (C=O) groups excluding carboxylic acids is 2. The Bertz CT molecular complexity index is 873. The van der Waals surface area contributed by atoms with Crippen LogP contribution in [0.3, 0.4) is 0 Å². The first-order valence-electron chi connectivity index (χ1n) is 6.31. The number of amides is 2. The van der Waals surface area contributed by atoms with Crippen LogP contribution in [0.2, 0.25) is 0 Å². The number of primary amides is 1. The number of nitro groups is 2. The van der Waals surface area contributed by atoms with Gasteiger partial charge in [0.05, 0.1) is 22.1 Å². The van der Waals surface area contributed by atoms with Gasteiger partial charge in [-0.15, -0.1) is 0 Å². The fourth-order valence-electron chi connectivity index (χ4n) is 1.95. The maximum Gasteiger partial charge on any atom is 0.301 e. The third-order valence-electron chi connectivity index (χ3n) is 2.92. The number of carbonyl (C=O) groups is 2. The maximum absolute atomic E-state index is 11.4. The Morgan fingerprint density at radius 1 is 1.25 bits per heavy atom. The van der Waals surface area contributed by atoms with Crippen molar-refractivity contribution in [1.82, 2.24) is 9.78 Å². The first kappa shape index (κ1) is 16.5. The van der Waals surface area contributed by atoms with E-state index in [2.05, 4.69) is 10.4 Å². The zero-order valence-electron chi connectivity index (χ0n) is 12.1. The molecule has 0 saturated heterocycles. The minimum absolute atomic E-state index is 0.169. The summed E-state index contributed by atoms with van der Waals surface area (Å²) in [5.41, 5.74) is 3.71. The average Bonchev–Trinajstić information content (AvgIpc) is 2.89. The number of nitrogens with two attached hydrogens (primary N) is 1. The SMILES string of the molecule is CC(=O)Nc1c(C(N)=O)cnn1-c1ccc([N+](=O)[O-])cc1[N+](=O)[O-]. The van der Waals surface area contributed by atoms with Crippen molar-refractivity contribution in [1.29, 1.82) is 0 Å². The van der Waals surface area contributed by atoms with Crippen molar-refractivity contribution in [3.63, 3.8) is 0 Å². The van der Waals surface area contributed by atoms with Crippen molar-refractivity contribution in [3.8, 4) is 5.69 Å². The van der Waals surface area contributed by atoms with Crippen LogP contribution in [0.25, 0.3) is 5.69 Å². The molecule has 0 saturated carbocycles. The van der Waals surface area contributed by atoms with Gasteiger partial charge >= 0.3 is 5.69 Å². The van der Waals surface area contributed by atoms with E-state index in [1.54, 1.807) is 0 Å². The Hall–Kier alpha value is -3.83. The van der Waals surface area contributed by atoms with Crippen molar-refractivity contribution in [2.45, 2.75) is 6.92 Å². The van der Waals surface area contributed by atoms with Gasteiger partial charge in [-0.1, -0.05) is 0 Å². The summed E-state index contributed by atoms with van der Waals surface area (Å²) >= 11 is 0. The minimum atomic E-state index is -0.908. The fraction of sp³-hybridized carbons (Fsp3) is 0.0833. The van der Waals surface area contributed by atoms with Gasteiger partial charge in [0.25, 0.3) is 11.6 Å². The number of nitrogens with one attached hydrogen (secondary N) is 1. The zero-order valence-corrected chi connectivity index (χ0v) is 12.1. The van der Waals surface area contributed by atoms with Crippen molar-refractivity contribution in [2.24, 2.45) is 5.73 Å². The smallest absolute Gasteiger partial charge is 0.301 e. The molecule has 2 aromatic rings. The molecule has 0 spiro atoms. The van der Waals surface area contributed by atoms with Gasteiger partial charge in [-0.25, -0.2) is 4.68 Å². The minimum Gasteiger partial charge on any atom is -0.365 e. The molecule has 12 nitrogen and oxygen atoms in total. The largest absolute Gasteiger partial charge is 0.365 e. The Balaban J connectivity index is 2.72. The number of hydrogen-bond acceptors (Lipinski definition) is 7. The summed E-state index contributed by atoms with van der Waals surface area (Å²) in [5.74, 6) is -1.65. The van der Waals surface area contributed by atoms with Gasteiger partial charge in [0.2, 0.25) is 5.91 Å². The molecule has 2 rings (SSSR count). The second-order valence-electron chi connectivity index (χ2n) is 4.55. The molecule has 124 valence electrons. The molecule has 0 aliphatic heterocycles. The van der Waals surface area contributed by atoms with Crippen LogP contribution in [-0.4, -0.2) is 31.4 Å². The van der Waals surface area contributed by atoms with Gasteiger partial charge in [0, 0.05) is 13.0 Å². The van der Waals surface area contributed by atoms with Crippen LogP contribution in [0.5, 0.6) is 0 Å². The molecule has 0 aliphatic rings. The van der Waals surface area contributed by atoms with E-state index in [4.69, 9.17) is 5.73 Å². The van der Waals surface area contributed by atoms with E-state index in [1.807, 2.05) is 0 Å². The van der Waals surface area contributed by atoms with Crippen molar-refractivity contribution >= 4 is 29.0 Å². The molecule has 3 N–H and O–H groups in total. The molecule has 0 aliphatic carbocycles. The third kappa shape index (κ3) is 3.01. The second kappa shape index (κ2) is 6.12. The zero-order chi connectivity index (χ0) is 18.0. The summed E-state index contributed by atoms with van der Waals surface area (Å²) in [6.07, 6.45) is 1.03. The van der Waals surface area contributed by atoms with E-state index >= 15 is 0 Å². The lowest BCUT2D eigenvalue weighted by Gasteiger charge is -2.09. The van der Waals surface area contributed by atoms with Crippen LogP contribution in [0, 0.1) is 20.2 Å². The van der Waals surface area contributed by atoms with Gasteiger partial charge in [-0.3, -0.25) is 29.8 Å². The second-order valence-corrected chi connectivity index (χ2v) is 4.55. The van der Waals surface area contributed by atoms with E-state index in [-0.39, 0.29) is 17.1 Å². The van der Waals surface area contributed by atoms with Gasteiger partial charge in [-0.05, 0) is 6.07 Å². The summed E-state index contributed by atoms with van der Waals surface area (Å²) in [4.78, 5) is 43.1. The highest BCUT2D eigenvalue weighted by Gasteiger charge is 2.25. The summed E-state index contributed by atoms with van der Waals surface area (Å²) < 4.78 is 0.906. The van der Waals surface area contributed by atoms with Gasteiger partial charge < -0.3 is 11.1 Å². The molecular formula is C12H10N6O6. The molecule has 0 unspecified atom stereocenters. The molecule has 24 heavy (non-hydrogen) atoms. The predicted octanol–water partition coefficient (Wildman–Crippen LogP) is 0.746. The monoisotopic (exact) mass is 334 g/mol. The Morgan fingerprint density at radius 2 is 1.92 bits per heavy atom. The van der Waals surface area contributed by atoms with E-state index in [9.17, 15) is 29.8 Å². The number of aromatic nitrogens is 2. The number of non-ortho nitro benzene ring substituents is 1. The van der Waals surface area contributed by atoms with E-state index in [0.29, 0.717) is 0 Å². The third-order valence-corrected chi connectivity index (χ3v) is 2.92. The summed E-state index contributed by atoms with van der Waals surface area (Å²) in [6.45, 7) is 1.16. The topological polar surface area (TPSA) is 176 Å². The fourth-order valence-corrected chi connectivity index (χ4v) is 1.95. The standard InChI is InChI=1S/C12H10N6O6/c1-6(19)15-12-8(11(13)20)5-14-16(12)9-3-2-7(17(21)22)4-10(9)18(23)24/h2-5H,1H3,(H2,13,20)(H,15,19). The number of nitro benzene ring substituents is 2. The number of benzene rings is 1. The summed E-state index contributed by atoms with van der Waals surface area (Å²) in [6, 6.07) is 2.86. The molecule has 0 fully saturated rings. The van der Waals surface area contributed by atoms with Crippen LogP contribution in [0.15, 0.2) is 24.4 Å². The van der Waals surface area contributed by atoms with Gasteiger partial charge in [0.15, 0.2) is 0 Å². The lowest BCUT2D eigenvalue weighted by molar-refractivity contribution is -0.394. The Kier molecular flexibility index (Phi) is 4.21. The van der Waals surface area contributed by atoms with Crippen LogP contribution in [0.4, 0.5) is 17.2 Å². The lowest BCUT2D eigenvalue weighted by Crippen LogP contribution is -2.17. The predicted molar refractivity (Wildman–Crippen MR) is 79.7 cm³/mol. The van der Waals surface area contributed by atoms with Crippen LogP contribution in [-0.2, 0) is 4.79 Å². The molecule has 1 heterocycles. The first-order chi connectivity index (χ1) is 11.2. The number of anilines is 1. The van der Waals surface area contributed by atoms with Gasteiger partial charge in [0.1, 0.15) is 17.1 Å². The lowest BCUT2D eigenvalue weighted by atomic mass is 10.2. The first-order valence-corrected chi connectivity index (χ1v) is 6.31. The van der Waals surface area contributed by atoms with Crippen LogP contribution >= 0.6 is 0 Å². The van der Waals surface area contributed by atoms with Gasteiger partial charge in [-0.2, -0.15) is 5.10 Å². The molecule has 0 bridgehead atoms. The Labute approximate surface area is 133 Å². The highest BCUT2D eigenvalue weighted by atomic mass is 16.6. The normalized spacial score (nSPS) is 10.2. The van der Waals surface area contributed by atoms with E-state index < -0.39 is 33.0 Å². The molecular weight excluding hydrogens is 324 g/mol. The van der Waals surface area contributed by atoms with E-state index in [0.717, 1.165) is 36.0 Å². The Morgan fingerprint density at radius 3 is 2.42 bits per heavy atom. The highest BCUT2D eigenvalue weighted by molar-refractivity contribution is 6.01. The van der Waals surface area contributed by atoms with E-state index in [1.165, 1.54) is 0 Å². The van der Waals surface area contributed by atoms with Crippen molar-refractivity contribution in [3.05, 3.63) is 50.2 Å². The maximum atomic E-state index is 11.4. The van der Waals surface area contributed by atoms with Crippen LogP contribution in [0.1, 0.15) is 17.3 Å². The molecule has 1 aromatic carbocycles. The van der Waals surface area contributed by atoms with Crippen molar-refractivity contribution in [2.75, 3.05) is 5.32 Å². The highest BCUT2D eigenvalue weighted by Crippen LogP contribution is 2.30. The molecule has 0 atom stereocenters. The number of hydrogen-bond donors (Lipinski definition) is 2. The molecule has 0 radical (unpaired) electrons. The number of nitrogens with zero attached hydrogens (tertiary/aromatic N) is 4. The molecule has 1 aromatic heterocycles.